The normalized spacial score (nSPS) is 20.5. The molecule has 6 aromatic carbocycles. The molecule has 0 fully saturated rings. The van der Waals surface area contributed by atoms with Gasteiger partial charge in [0.15, 0.2) is 23.0 Å². The lowest BCUT2D eigenvalue weighted by Gasteiger charge is -2.38. The lowest BCUT2D eigenvalue weighted by atomic mass is 9.67. The highest BCUT2D eigenvalue weighted by atomic mass is 16.6. The van der Waals surface area contributed by atoms with Gasteiger partial charge in [-0.15, -0.1) is 0 Å². The maximum Gasteiger partial charge on any atom is 0.178 e. The number of ether oxygens (including phenoxy) is 2. The summed E-state index contributed by atoms with van der Waals surface area (Å²) < 4.78 is 14.0. The number of anilines is 1. The van der Waals surface area contributed by atoms with E-state index >= 15 is 0 Å². The number of hydrogen-bond acceptors (Lipinski definition) is 3. The van der Waals surface area contributed by atoms with E-state index in [1.54, 1.807) is 0 Å². The lowest BCUT2D eigenvalue weighted by molar-refractivity contribution is 0.360. The third-order valence-electron chi connectivity index (χ3n) is 12.8. The molecule has 3 unspecified atom stereocenters. The van der Waals surface area contributed by atoms with Crippen molar-refractivity contribution in [2.75, 3.05) is 4.90 Å². The van der Waals surface area contributed by atoms with E-state index in [1.165, 1.54) is 44.1 Å². The van der Waals surface area contributed by atoms with Crippen LogP contribution in [0, 0.1) is 5.92 Å². The fourth-order valence-corrected chi connectivity index (χ4v) is 10.3. The van der Waals surface area contributed by atoms with E-state index in [2.05, 4.69) is 207 Å². The number of nitrogens with zero attached hydrogens (tertiary/aromatic N) is 1. The van der Waals surface area contributed by atoms with Gasteiger partial charge in [-0.2, -0.15) is 0 Å². The first-order chi connectivity index (χ1) is 29.2. The minimum Gasteiger partial charge on any atom is -0.449 e. The molecule has 3 atom stereocenters. The first-order valence-corrected chi connectivity index (χ1v) is 20.7. The Morgan fingerprint density at radius 3 is 2.34 bits per heavy atom. The molecule has 5 aliphatic rings. The molecule has 0 saturated carbocycles. The molecule has 1 heterocycles. The molecule has 0 saturated heterocycles. The summed E-state index contributed by atoms with van der Waals surface area (Å²) in [6, 6.07) is 49.9. The largest absolute Gasteiger partial charge is 0.449 e. The van der Waals surface area contributed by atoms with Crippen LogP contribution in [0.4, 0.5) is 5.69 Å². The predicted octanol–water partition coefficient (Wildman–Crippen LogP) is 12.6. The van der Waals surface area contributed by atoms with Gasteiger partial charge in [0, 0.05) is 45.8 Å². The molecular formula is C56H43NO2. The highest BCUT2D eigenvalue weighted by Gasteiger charge is 2.48. The van der Waals surface area contributed by atoms with Crippen molar-refractivity contribution in [3.05, 3.63) is 244 Å². The number of fused-ring (bicyclic) bond motifs is 8. The number of hydrogen-bond donors (Lipinski definition) is 0. The summed E-state index contributed by atoms with van der Waals surface area (Å²) in [4.78, 5) is 2.48. The van der Waals surface area contributed by atoms with Gasteiger partial charge in [0.05, 0.1) is 5.41 Å². The molecule has 0 N–H and O–H groups in total. The van der Waals surface area contributed by atoms with Gasteiger partial charge in [-0.3, -0.25) is 0 Å². The van der Waals surface area contributed by atoms with Gasteiger partial charge in [-0.05, 0) is 88.2 Å². The van der Waals surface area contributed by atoms with Gasteiger partial charge in [0.25, 0.3) is 0 Å². The van der Waals surface area contributed by atoms with Crippen molar-refractivity contribution in [1.29, 1.82) is 0 Å². The van der Waals surface area contributed by atoms with Gasteiger partial charge in [0.2, 0.25) is 0 Å². The van der Waals surface area contributed by atoms with E-state index in [-0.39, 0.29) is 11.8 Å². The topological polar surface area (TPSA) is 21.7 Å². The second kappa shape index (κ2) is 14.1. The van der Waals surface area contributed by atoms with Gasteiger partial charge < -0.3 is 14.4 Å². The van der Waals surface area contributed by atoms with Crippen LogP contribution in [0.25, 0.3) is 22.9 Å². The van der Waals surface area contributed by atoms with E-state index in [4.69, 9.17) is 9.47 Å². The van der Waals surface area contributed by atoms with Gasteiger partial charge in [-0.25, -0.2) is 0 Å². The monoisotopic (exact) mass is 761 g/mol. The van der Waals surface area contributed by atoms with Crippen molar-refractivity contribution < 1.29 is 9.47 Å². The van der Waals surface area contributed by atoms with Crippen molar-refractivity contribution in [3.8, 4) is 34.1 Å². The average Bonchev–Trinajstić information content (AvgIpc) is 3.61. The Morgan fingerprint density at radius 2 is 1.49 bits per heavy atom. The molecule has 0 radical (unpaired) electrons. The van der Waals surface area contributed by atoms with Crippen LogP contribution in [0.3, 0.4) is 0 Å². The van der Waals surface area contributed by atoms with Crippen molar-refractivity contribution in [1.82, 2.24) is 0 Å². The Bertz CT molecular complexity index is 2980. The van der Waals surface area contributed by atoms with Gasteiger partial charge in [0.1, 0.15) is 0 Å². The molecule has 3 nitrogen and oxygen atoms in total. The minimum absolute atomic E-state index is 0.206. The van der Waals surface area contributed by atoms with Crippen LogP contribution in [0.1, 0.15) is 47.9 Å². The summed E-state index contributed by atoms with van der Waals surface area (Å²) in [7, 11) is 0. The van der Waals surface area contributed by atoms with Gasteiger partial charge >= 0.3 is 0 Å². The Labute approximate surface area is 345 Å². The Kier molecular flexibility index (Phi) is 8.37. The fraction of sp³-hybridized carbons (Fsp3) is 0.107. The first-order valence-electron chi connectivity index (χ1n) is 20.7. The zero-order chi connectivity index (χ0) is 39.5. The third-order valence-corrected chi connectivity index (χ3v) is 12.8. The molecule has 0 aromatic heterocycles. The Balaban J connectivity index is 1.06. The molecule has 59 heavy (non-hydrogen) atoms. The summed E-state index contributed by atoms with van der Waals surface area (Å²) in [5.41, 5.74) is 12.4. The smallest absolute Gasteiger partial charge is 0.178 e. The van der Waals surface area contributed by atoms with E-state index in [0.29, 0.717) is 17.2 Å². The molecule has 0 bridgehead atoms. The summed E-state index contributed by atoms with van der Waals surface area (Å²) >= 11 is 0. The molecule has 0 spiro atoms. The summed E-state index contributed by atoms with van der Waals surface area (Å²) in [5.74, 6) is 3.28. The lowest BCUT2D eigenvalue weighted by Crippen LogP contribution is -2.37. The Morgan fingerprint density at radius 1 is 0.712 bits per heavy atom. The van der Waals surface area contributed by atoms with Gasteiger partial charge in [-0.1, -0.05) is 170 Å². The second-order valence-corrected chi connectivity index (χ2v) is 15.8. The highest BCUT2D eigenvalue weighted by Crippen LogP contribution is 2.62. The standard InChI is InChI=1S/C56H43NO2/c1-3-39(4-2)56(40-22-9-6-10-23-40)47-28-16-15-27-46(47)54-48(56)32-35-52-55(54)59-51-34-30-41(36-53(51)58-52)57(49-29-17-21-38-20-11-12-24-43(38)49)50-33-31-42(37-18-7-5-8-19-37)44-25-13-14-26-45(44)50/h3-16,18-28,30-36,42,44H,1,17,29H2,2H3/b39-4+. The molecule has 4 aliphatic carbocycles. The van der Waals surface area contributed by atoms with E-state index in [1.807, 2.05) is 6.08 Å². The molecule has 3 heteroatoms. The summed E-state index contributed by atoms with van der Waals surface area (Å²) in [6.45, 7) is 6.41. The van der Waals surface area contributed by atoms with E-state index in [0.717, 1.165) is 46.5 Å². The van der Waals surface area contributed by atoms with Crippen molar-refractivity contribution in [2.45, 2.75) is 31.1 Å². The van der Waals surface area contributed by atoms with Crippen LogP contribution in [0.5, 0.6) is 23.0 Å². The molecule has 0 amide bonds. The van der Waals surface area contributed by atoms with E-state index in [9.17, 15) is 0 Å². The third kappa shape index (κ3) is 5.35. The zero-order valence-corrected chi connectivity index (χ0v) is 33.0. The molecule has 11 rings (SSSR count). The van der Waals surface area contributed by atoms with Crippen LogP contribution in [-0.2, 0) is 5.41 Å². The maximum absolute atomic E-state index is 7.04. The fourth-order valence-electron chi connectivity index (χ4n) is 10.3. The number of rotatable bonds is 7. The first kappa shape index (κ1) is 35.1. The predicted molar refractivity (Wildman–Crippen MR) is 241 cm³/mol. The molecule has 284 valence electrons. The molecule has 1 aliphatic heterocycles. The summed E-state index contributed by atoms with van der Waals surface area (Å²) in [6.07, 6.45) is 22.2. The highest BCUT2D eigenvalue weighted by molar-refractivity contribution is 5.92. The molecule has 6 aromatic rings. The number of benzene rings is 6. The number of allylic oxidation sites excluding steroid dienone is 10. The van der Waals surface area contributed by atoms with Crippen LogP contribution in [0.15, 0.2) is 212 Å². The summed E-state index contributed by atoms with van der Waals surface area (Å²) in [5, 5.41) is 2.53. The van der Waals surface area contributed by atoms with Crippen molar-refractivity contribution in [2.24, 2.45) is 5.92 Å². The van der Waals surface area contributed by atoms with Crippen molar-refractivity contribution >= 4 is 17.5 Å². The van der Waals surface area contributed by atoms with Crippen LogP contribution in [0.2, 0.25) is 0 Å². The molecular weight excluding hydrogens is 719 g/mol. The minimum atomic E-state index is -0.555. The average molecular weight is 762 g/mol. The SMILES string of the molecule is C=C/C(=C\C)C1(c2ccccc2)c2ccccc2-c2c1ccc1c2Oc2ccc(N(C3=C4C=CC=CC4C(c4ccccc4)C=C3)C3=c4ccccc4=CCC3)cc2O1. The quantitative estimate of drug-likeness (QED) is 0.151. The maximum atomic E-state index is 7.04. The van der Waals surface area contributed by atoms with Crippen LogP contribution < -0.4 is 24.8 Å². The van der Waals surface area contributed by atoms with Crippen LogP contribution in [-0.4, -0.2) is 0 Å². The zero-order valence-electron chi connectivity index (χ0n) is 33.0. The van der Waals surface area contributed by atoms with Crippen LogP contribution >= 0.6 is 0 Å². The Hall–Kier alpha value is -7.10. The second-order valence-electron chi connectivity index (χ2n) is 15.8. The van der Waals surface area contributed by atoms with E-state index < -0.39 is 5.41 Å². The van der Waals surface area contributed by atoms with Crippen molar-refractivity contribution in [3.63, 3.8) is 0 Å².